The maximum Gasteiger partial charge on any atom is 0.243 e. The average Bonchev–Trinajstić information content (AvgIpc) is 2.48. The fourth-order valence-electron chi connectivity index (χ4n) is 2.33. The van der Waals surface area contributed by atoms with Crippen LogP contribution < -0.4 is 5.73 Å². The molecular formula is C14H21BrN2O3S. The number of benzene rings is 1. The Kier molecular flexibility index (Phi) is 6.19. The Morgan fingerprint density at radius 2 is 1.86 bits per heavy atom. The summed E-state index contributed by atoms with van der Waals surface area (Å²) in [7, 11) is -3.39. The number of sulfonamides is 1. The SMILES string of the molecule is NCCCOC1CCN(S(=O)(=O)c2ccc(Br)cc2)CC1. The summed E-state index contributed by atoms with van der Waals surface area (Å²) in [4.78, 5) is 0.341. The van der Waals surface area contributed by atoms with Crippen molar-refractivity contribution in [3.05, 3.63) is 28.7 Å². The molecule has 1 saturated heterocycles. The largest absolute Gasteiger partial charge is 0.378 e. The number of halogens is 1. The molecule has 0 unspecified atom stereocenters. The molecule has 1 fully saturated rings. The highest BCUT2D eigenvalue weighted by Gasteiger charge is 2.29. The molecule has 2 rings (SSSR count). The Morgan fingerprint density at radius 1 is 1.24 bits per heavy atom. The Bertz CT molecular complexity index is 540. The summed E-state index contributed by atoms with van der Waals surface area (Å²) >= 11 is 3.31. The summed E-state index contributed by atoms with van der Waals surface area (Å²) in [6, 6.07) is 6.75. The van der Waals surface area contributed by atoms with Crippen molar-refractivity contribution in [1.29, 1.82) is 0 Å². The molecular weight excluding hydrogens is 356 g/mol. The van der Waals surface area contributed by atoms with E-state index in [0.717, 1.165) is 23.7 Å². The van der Waals surface area contributed by atoms with Crippen LogP contribution in [0.3, 0.4) is 0 Å². The standard InChI is InChI=1S/C14H21BrN2O3S/c15-12-2-4-14(5-3-12)21(18,19)17-9-6-13(7-10-17)20-11-1-8-16/h2-5,13H,1,6-11,16H2. The second-order valence-corrected chi connectivity index (χ2v) is 7.92. The predicted molar refractivity (Wildman–Crippen MR) is 85.5 cm³/mol. The quantitative estimate of drug-likeness (QED) is 0.770. The third kappa shape index (κ3) is 4.50. The molecule has 5 nitrogen and oxygen atoms in total. The summed E-state index contributed by atoms with van der Waals surface area (Å²) < 4.78 is 33.1. The van der Waals surface area contributed by atoms with Crippen LogP contribution in [-0.2, 0) is 14.8 Å². The lowest BCUT2D eigenvalue weighted by atomic mass is 10.1. The summed E-state index contributed by atoms with van der Waals surface area (Å²) in [5.41, 5.74) is 5.43. The van der Waals surface area contributed by atoms with Gasteiger partial charge in [-0.2, -0.15) is 4.31 Å². The molecule has 0 aromatic heterocycles. The molecule has 1 heterocycles. The van der Waals surface area contributed by atoms with E-state index in [4.69, 9.17) is 10.5 Å². The molecule has 1 aliphatic heterocycles. The minimum Gasteiger partial charge on any atom is -0.378 e. The molecule has 0 spiro atoms. The lowest BCUT2D eigenvalue weighted by Gasteiger charge is -2.31. The molecule has 21 heavy (non-hydrogen) atoms. The van der Waals surface area contributed by atoms with Gasteiger partial charge in [-0.15, -0.1) is 0 Å². The van der Waals surface area contributed by atoms with E-state index < -0.39 is 10.0 Å². The molecule has 0 radical (unpaired) electrons. The van der Waals surface area contributed by atoms with Crippen LogP contribution >= 0.6 is 15.9 Å². The Hall–Kier alpha value is -0.470. The molecule has 1 aromatic carbocycles. The monoisotopic (exact) mass is 376 g/mol. The molecule has 0 atom stereocenters. The zero-order valence-corrected chi connectivity index (χ0v) is 14.3. The van der Waals surface area contributed by atoms with E-state index in [1.807, 2.05) is 0 Å². The number of ether oxygens (including phenoxy) is 1. The first kappa shape index (κ1) is 16.9. The van der Waals surface area contributed by atoms with Gasteiger partial charge in [0.05, 0.1) is 11.0 Å². The van der Waals surface area contributed by atoms with Gasteiger partial charge in [0.25, 0.3) is 0 Å². The van der Waals surface area contributed by atoms with Crippen molar-refractivity contribution in [3.63, 3.8) is 0 Å². The molecule has 1 aromatic rings. The van der Waals surface area contributed by atoms with Crippen molar-refractivity contribution in [2.24, 2.45) is 5.73 Å². The van der Waals surface area contributed by atoms with Crippen LogP contribution in [-0.4, -0.2) is 45.1 Å². The Balaban J connectivity index is 1.93. The van der Waals surface area contributed by atoms with Gasteiger partial charge in [0.15, 0.2) is 0 Å². The predicted octanol–water partition coefficient (Wildman–Crippen LogP) is 1.97. The number of piperidine rings is 1. The van der Waals surface area contributed by atoms with Gasteiger partial charge >= 0.3 is 0 Å². The summed E-state index contributed by atoms with van der Waals surface area (Å²) in [6.07, 6.45) is 2.46. The van der Waals surface area contributed by atoms with E-state index >= 15 is 0 Å². The molecule has 7 heteroatoms. The van der Waals surface area contributed by atoms with Crippen LogP contribution in [0.1, 0.15) is 19.3 Å². The number of rotatable bonds is 6. The van der Waals surface area contributed by atoms with Gasteiger partial charge in [-0.3, -0.25) is 0 Å². The molecule has 1 aliphatic rings. The molecule has 0 saturated carbocycles. The summed E-state index contributed by atoms with van der Waals surface area (Å²) in [5.74, 6) is 0. The Morgan fingerprint density at radius 3 is 2.43 bits per heavy atom. The van der Waals surface area contributed by atoms with Crippen molar-refractivity contribution in [2.75, 3.05) is 26.2 Å². The van der Waals surface area contributed by atoms with Gasteiger partial charge in [-0.25, -0.2) is 8.42 Å². The van der Waals surface area contributed by atoms with Crippen LogP contribution in [0.15, 0.2) is 33.6 Å². The lowest BCUT2D eigenvalue weighted by Crippen LogP contribution is -2.40. The van der Waals surface area contributed by atoms with Crippen LogP contribution in [0, 0.1) is 0 Å². The van der Waals surface area contributed by atoms with Gasteiger partial charge in [0, 0.05) is 24.2 Å². The van der Waals surface area contributed by atoms with E-state index in [1.165, 1.54) is 0 Å². The summed E-state index contributed by atoms with van der Waals surface area (Å²) in [6.45, 7) is 2.29. The Labute approximate surface area is 134 Å². The van der Waals surface area contributed by atoms with E-state index in [9.17, 15) is 8.42 Å². The third-order valence-electron chi connectivity index (χ3n) is 3.55. The van der Waals surface area contributed by atoms with Gasteiger partial charge in [0.1, 0.15) is 0 Å². The van der Waals surface area contributed by atoms with E-state index in [1.54, 1.807) is 28.6 Å². The fourth-order valence-corrected chi connectivity index (χ4v) is 4.06. The summed E-state index contributed by atoms with van der Waals surface area (Å²) in [5, 5.41) is 0. The maximum absolute atomic E-state index is 12.5. The molecule has 118 valence electrons. The highest BCUT2D eigenvalue weighted by atomic mass is 79.9. The van der Waals surface area contributed by atoms with E-state index in [0.29, 0.717) is 31.1 Å². The topological polar surface area (TPSA) is 72.6 Å². The van der Waals surface area contributed by atoms with Gasteiger partial charge in [-0.05, 0) is 50.1 Å². The van der Waals surface area contributed by atoms with Gasteiger partial charge in [0.2, 0.25) is 10.0 Å². The van der Waals surface area contributed by atoms with Crippen LogP contribution in [0.25, 0.3) is 0 Å². The smallest absolute Gasteiger partial charge is 0.243 e. The van der Waals surface area contributed by atoms with Gasteiger partial charge in [-0.1, -0.05) is 15.9 Å². The first-order chi connectivity index (χ1) is 10.0. The van der Waals surface area contributed by atoms with Crippen LogP contribution in [0.2, 0.25) is 0 Å². The molecule has 0 aliphatic carbocycles. The number of nitrogens with zero attached hydrogens (tertiary/aromatic N) is 1. The van der Waals surface area contributed by atoms with E-state index in [-0.39, 0.29) is 6.10 Å². The van der Waals surface area contributed by atoms with Gasteiger partial charge < -0.3 is 10.5 Å². The molecule has 0 amide bonds. The van der Waals surface area contributed by atoms with E-state index in [2.05, 4.69) is 15.9 Å². The van der Waals surface area contributed by atoms with Crippen molar-refractivity contribution in [1.82, 2.24) is 4.31 Å². The third-order valence-corrected chi connectivity index (χ3v) is 6.00. The number of hydrogen-bond acceptors (Lipinski definition) is 4. The van der Waals surface area contributed by atoms with Crippen molar-refractivity contribution in [2.45, 2.75) is 30.3 Å². The number of hydrogen-bond donors (Lipinski definition) is 1. The zero-order chi connectivity index (χ0) is 15.3. The van der Waals surface area contributed by atoms with Crippen molar-refractivity contribution < 1.29 is 13.2 Å². The highest BCUT2D eigenvalue weighted by molar-refractivity contribution is 9.10. The van der Waals surface area contributed by atoms with Crippen LogP contribution in [0.4, 0.5) is 0 Å². The second-order valence-electron chi connectivity index (χ2n) is 5.07. The minimum atomic E-state index is -3.39. The minimum absolute atomic E-state index is 0.146. The average molecular weight is 377 g/mol. The first-order valence-corrected chi connectivity index (χ1v) is 9.35. The highest BCUT2D eigenvalue weighted by Crippen LogP contribution is 2.23. The maximum atomic E-state index is 12.5. The zero-order valence-electron chi connectivity index (χ0n) is 11.9. The fraction of sp³-hybridized carbons (Fsp3) is 0.571. The van der Waals surface area contributed by atoms with Crippen molar-refractivity contribution in [3.8, 4) is 0 Å². The first-order valence-electron chi connectivity index (χ1n) is 7.11. The lowest BCUT2D eigenvalue weighted by molar-refractivity contribution is 0.0209. The van der Waals surface area contributed by atoms with Crippen molar-refractivity contribution >= 4 is 26.0 Å². The number of nitrogens with two attached hydrogens (primary N) is 1. The normalized spacial score (nSPS) is 18.0. The molecule has 0 bridgehead atoms. The van der Waals surface area contributed by atoms with Crippen LogP contribution in [0.5, 0.6) is 0 Å². The molecule has 2 N–H and O–H groups in total. The second kappa shape index (κ2) is 7.69.